The molecule has 0 saturated carbocycles. The van der Waals surface area contributed by atoms with E-state index in [1.807, 2.05) is 6.92 Å². The predicted octanol–water partition coefficient (Wildman–Crippen LogP) is 1.27. The van der Waals surface area contributed by atoms with Crippen molar-refractivity contribution >= 4 is 10.0 Å². The van der Waals surface area contributed by atoms with Crippen molar-refractivity contribution in [3.8, 4) is 0 Å². The molecule has 1 aliphatic rings. The SMILES string of the molecule is CCC1CCCN(S(=O)(=O)c2c(C)nn(CCN)c2C)C1. The normalized spacial score (nSPS) is 20.9. The maximum absolute atomic E-state index is 12.9. The number of hydrogen-bond acceptors (Lipinski definition) is 4. The standard InChI is InChI=1S/C14H26N4O2S/c1-4-13-6-5-8-17(10-13)21(19,20)14-11(2)16-18(9-7-15)12(14)3/h13H,4-10,15H2,1-3H3. The van der Waals surface area contributed by atoms with Gasteiger partial charge in [-0.1, -0.05) is 13.3 Å². The van der Waals surface area contributed by atoms with Crippen LogP contribution in [0.2, 0.25) is 0 Å². The molecule has 1 aromatic heterocycles. The van der Waals surface area contributed by atoms with Crippen LogP contribution in [0.3, 0.4) is 0 Å². The van der Waals surface area contributed by atoms with E-state index in [1.165, 1.54) is 0 Å². The molecule has 0 aliphatic carbocycles. The first-order valence-electron chi connectivity index (χ1n) is 7.66. The van der Waals surface area contributed by atoms with E-state index >= 15 is 0 Å². The Hall–Kier alpha value is -0.920. The lowest BCUT2D eigenvalue weighted by Gasteiger charge is -2.31. The van der Waals surface area contributed by atoms with Gasteiger partial charge in [0.1, 0.15) is 4.90 Å². The molecule has 1 atom stereocenters. The summed E-state index contributed by atoms with van der Waals surface area (Å²) in [7, 11) is -3.45. The number of piperidine rings is 1. The maximum Gasteiger partial charge on any atom is 0.246 e. The molecule has 2 rings (SSSR count). The third kappa shape index (κ3) is 3.14. The van der Waals surface area contributed by atoms with E-state index in [4.69, 9.17) is 5.73 Å². The minimum Gasteiger partial charge on any atom is -0.329 e. The number of nitrogens with two attached hydrogens (primary N) is 1. The van der Waals surface area contributed by atoms with E-state index < -0.39 is 10.0 Å². The largest absolute Gasteiger partial charge is 0.329 e. The summed E-state index contributed by atoms with van der Waals surface area (Å²) in [5.41, 5.74) is 6.82. The number of aromatic nitrogens is 2. The van der Waals surface area contributed by atoms with Crippen LogP contribution in [0.5, 0.6) is 0 Å². The second kappa shape index (κ2) is 6.46. The van der Waals surface area contributed by atoms with Gasteiger partial charge in [-0.2, -0.15) is 9.40 Å². The van der Waals surface area contributed by atoms with Crippen LogP contribution in [-0.2, 0) is 16.6 Å². The Morgan fingerprint density at radius 1 is 1.38 bits per heavy atom. The topological polar surface area (TPSA) is 81.2 Å². The number of sulfonamides is 1. The van der Waals surface area contributed by atoms with Crippen LogP contribution < -0.4 is 5.73 Å². The zero-order chi connectivity index (χ0) is 15.6. The molecule has 2 N–H and O–H groups in total. The van der Waals surface area contributed by atoms with Gasteiger partial charge in [-0.15, -0.1) is 0 Å². The first-order valence-corrected chi connectivity index (χ1v) is 9.10. The van der Waals surface area contributed by atoms with Crippen LogP contribution >= 0.6 is 0 Å². The molecule has 0 bridgehead atoms. The molecule has 1 unspecified atom stereocenters. The van der Waals surface area contributed by atoms with Crippen molar-refractivity contribution in [2.75, 3.05) is 19.6 Å². The Kier molecular flexibility index (Phi) is 5.06. The zero-order valence-electron chi connectivity index (χ0n) is 13.2. The van der Waals surface area contributed by atoms with E-state index in [9.17, 15) is 8.42 Å². The molecule has 1 saturated heterocycles. The molecule has 0 amide bonds. The molecule has 6 nitrogen and oxygen atoms in total. The smallest absolute Gasteiger partial charge is 0.246 e. The van der Waals surface area contributed by atoms with Gasteiger partial charge in [0.2, 0.25) is 10.0 Å². The second-order valence-corrected chi connectivity index (χ2v) is 7.67. The van der Waals surface area contributed by atoms with Gasteiger partial charge in [-0.25, -0.2) is 8.42 Å². The molecule has 7 heteroatoms. The highest BCUT2D eigenvalue weighted by Gasteiger charge is 2.33. The third-order valence-corrected chi connectivity index (χ3v) is 6.43. The van der Waals surface area contributed by atoms with Gasteiger partial charge in [0, 0.05) is 19.6 Å². The minimum absolute atomic E-state index is 0.368. The molecule has 0 aromatic carbocycles. The summed E-state index contributed by atoms with van der Waals surface area (Å²) in [5.74, 6) is 0.466. The number of hydrogen-bond donors (Lipinski definition) is 1. The van der Waals surface area contributed by atoms with Crippen molar-refractivity contribution < 1.29 is 8.42 Å². The predicted molar refractivity (Wildman–Crippen MR) is 82.5 cm³/mol. The van der Waals surface area contributed by atoms with Gasteiger partial charge in [0.05, 0.1) is 17.9 Å². The average Bonchev–Trinajstić information content (AvgIpc) is 2.74. The fourth-order valence-corrected chi connectivity index (χ4v) is 5.03. The summed E-state index contributed by atoms with van der Waals surface area (Å²) in [4.78, 5) is 0.368. The number of aryl methyl sites for hydroxylation is 1. The first kappa shape index (κ1) is 16.5. The molecule has 1 aliphatic heterocycles. The highest BCUT2D eigenvalue weighted by atomic mass is 32.2. The van der Waals surface area contributed by atoms with Gasteiger partial charge in [-0.3, -0.25) is 4.68 Å². The fourth-order valence-electron chi connectivity index (χ4n) is 3.10. The lowest BCUT2D eigenvalue weighted by Crippen LogP contribution is -2.40. The summed E-state index contributed by atoms with van der Waals surface area (Å²) >= 11 is 0. The quantitative estimate of drug-likeness (QED) is 0.887. The zero-order valence-corrected chi connectivity index (χ0v) is 14.0. The van der Waals surface area contributed by atoms with Gasteiger partial charge in [-0.05, 0) is 32.6 Å². The average molecular weight is 314 g/mol. The van der Waals surface area contributed by atoms with Crippen LogP contribution in [0.25, 0.3) is 0 Å². The van der Waals surface area contributed by atoms with Crippen molar-refractivity contribution in [1.82, 2.24) is 14.1 Å². The van der Waals surface area contributed by atoms with Gasteiger partial charge in [0.15, 0.2) is 0 Å². The fraction of sp³-hybridized carbons (Fsp3) is 0.786. The van der Waals surface area contributed by atoms with Crippen molar-refractivity contribution in [3.63, 3.8) is 0 Å². The lowest BCUT2D eigenvalue weighted by molar-refractivity contribution is 0.261. The van der Waals surface area contributed by atoms with Crippen molar-refractivity contribution in [2.24, 2.45) is 11.7 Å². The Labute approximate surface area is 127 Å². The van der Waals surface area contributed by atoms with Gasteiger partial charge in [0.25, 0.3) is 0 Å². The van der Waals surface area contributed by atoms with E-state index in [2.05, 4.69) is 12.0 Å². The summed E-state index contributed by atoms with van der Waals surface area (Å²) in [5, 5.41) is 4.33. The molecule has 0 radical (unpaired) electrons. The molecule has 21 heavy (non-hydrogen) atoms. The number of nitrogens with zero attached hydrogens (tertiary/aromatic N) is 3. The maximum atomic E-state index is 12.9. The van der Waals surface area contributed by atoms with E-state index in [1.54, 1.807) is 15.9 Å². The Morgan fingerprint density at radius 3 is 2.71 bits per heavy atom. The van der Waals surface area contributed by atoms with Crippen LogP contribution in [0, 0.1) is 19.8 Å². The van der Waals surface area contributed by atoms with Crippen LogP contribution in [0.1, 0.15) is 37.6 Å². The molecular weight excluding hydrogens is 288 g/mol. The Morgan fingerprint density at radius 2 is 2.10 bits per heavy atom. The summed E-state index contributed by atoms with van der Waals surface area (Å²) in [6.07, 6.45) is 3.08. The van der Waals surface area contributed by atoms with Crippen LogP contribution in [-0.4, -0.2) is 42.1 Å². The van der Waals surface area contributed by atoms with E-state index in [0.717, 1.165) is 19.3 Å². The summed E-state index contributed by atoms with van der Waals surface area (Å²) < 4.78 is 29.2. The van der Waals surface area contributed by atoms with Gasteiger partial charge >= 0.3 is 0 Å². The second-order valence-electron chi connectivity index (χ2n) is 5.79. The van der Waals surface area contributed by atoms with Crippen molar-refractivity contribution in [3.05, 3.63) is 11.4 Å². The Bertz CT molecular complexity index is 594. The highest BCUT2D eigenvalue weighted by molar-refractivity contribution is 7.89. The van der Waals surface area contributed by atoms with Crippen molar-refractivity contribution in [1.29, 1.82) is 0 Å². The summed E-state index contributed by atoms with van der Waals surface area (Å²) in [6, 6.07) is 0. The molecule has 1 aromatic rings. The minimum atomic E-state index is -3.45. The monoisotopic (exact) mass is 314 g/mol. The molecule has 2 heterocycles. The summed E-state index contributed by atoms with van der Waals surface area (Å²) in [6.45, 7) is 7.91. The van der Waals surface area contributed by atoms with Gasteiger partial charge < -0.3 is 5.73 Å². The molecule has 1 fully saturated rings. The van der Waals surface area contributed by atoms with E-state index in [0.29, 0.717) is 48.4 Å². The van der Waals surface area contributed by atoms with Crippen molar-refractivity contribution in [2.45, 2.75) is 51.5 Å². The molecule has 120 valence electrons. The van der Waals surface area contributed by atoms with E-state index in [-0.39, 0.29) is 0 Å². The molecule has 0 spiro atoms. The number of rotatable bonds is 5. The molecular formula is C14H26N4O2S. The highest BCUT2D eigenvalue weighted by Crippen LogP contribution is 2.28. The lowest BCUT2D eigenvalue weighted by atomic mass is 9.97. The Balaban J connectivity index is 2.35. The van der Waals surface area contributed by atoms with Crippen LogP contribution in [0.15, 0.2) is 4.90 Å². The third-order valence-electron chi connectivity index (χ3n) is 4.31. The first-order chi connectivity index (χ1) is 9.91. The van der Waals surface area contributed by atoms with Crippen LogP contribution in [0.4, 0.5) is 0 Å².